The lowest BCUT2D eigenvalue weighted by Gasteiger charge is -2.14. The molecule has 0 unspecified atom stereocenters. The Morgan fingerprint density at radius 1 is 1.04 bits per heavy atom. The van der Waals surface area contributed by atoms with Crippen molar-refractivity contribution in [1.29, 1.82) is 0 Å². The third kappa shape index (κ3) is 4.14. The van der Waals surface area contributed by atoms with Crippen LogP contribution in [0, 0.1) is 0 Å². The normalized spacial score (nSPS) is 14.5. The lowest BCUT2D eigenvalue weighted by atomic mass is 10.1. The van der Waals surface area contributed by atoms with Gasteiger partial charge in [-0.05, 0) is 63.2 Å². The fraction of sp³-hybridized carbons (Fsp3) is 0.318. The van der Waals surface area contributed by atoms with Crippen molar-refractivity contribution in [1.82, 2.24) is 20.2 Å². The molecule has 1 saturated heterocycles. The average Bonchev–Trinajstić information content (AvgIpc) is 3.24. The Morgan fingerprint density at radius 3 is 2.67 bits per heavy atom. The number of hydrogen-bond acceptors (Lipinski definition) is 4. The molecule has 4 rings (SSSR count). The Kier molecular flexibility index (Phi) is 5.39. The molecule has 3 aromatic rings. The number of nitrogens with one attached hydrogen (secondary N) is 1. The molecule has 0 saturated carbocycles. The molecular weight excluding hydrogens is 336 g/mol. The predicted molar refractivity (Wildman–Crippen MR) is 108 cm³/mol. The third-order valence-electron chi connectivity index (χ3n) is 5.02. The molecule has 3 heterocycles. The molecule has 1 N–H and O–H groups in total. The summed E-state index contributed by atoms with van der Waals surface area (Å²) in [6.07, 6.45) is 5.31. The maximum absolute atomic E-state index is 12.9. The summed E-state index contributed by atoms with van der Waals surface area (Å²) < 4.78 is 0. The molecule has 0 atom stereocenters. The van der Waals surface area contributed by atoms with E-state index in [1.165, 1.54) is 25.9 Å². The zero-order chi connectivity index (χ0) is 18.5. The van der Waals surface area contributed by atoms with E-state index in [1.807, 2.05) is 48.5 Å². The molecule has 1 aliphatic rings. The zero-order valence-corrected chi connectivity index (χ0v) is 15.4. The molecule has 0 bridgehead atoms. The molecule has 1 fully saturated rings. The van der Waals surface area contributed by atoms with Gasteiger partial charge < -0.3 is 10.2 Å². The van der Waals surface area contributed by atoms with E-state index < -0.39 is 0 Å². The summed E-state index contributed by atoms with van der Waals surface area (Å²) in [5.41, 5.74) is 2.95. The first-order valence-electron chi connectivity index (χ1n) is 9.63. The van der Waals surface area contributed by atoms with Gasteiger partial charge in [0.1, 0.15) is 0 Å². The summed E-state index contributed by atoms with van der Waals surface area (Å²) >= 11 is 0. The van der Waals surface area contributed by atoms with Gasteiger partial charge in [0.15, 0.2) is 0 Å². The number of para-hydroxylation sites is 1. The molecule has 5 heteroatoms. The van der Waals surface area contributed by atoms with Crippen LogP contribution in [-0.4, -0.2) is 47.0 Å². The van der Waals surface area contributed by atoms with Crippen LogP contribution in [0.25, 0.3) is 22.3 Å². The molecule has 5 nitrogen and oxygen atoms in total. The number of benzene rings is 1. The first kappa shape index (κ1) is 17.6. The largest absolute Gasteiger partial charge is 0.352 e. The van der Waals surface area contributed by atoms with Crippen LogP contribution in [0.15, 0.2) is 54.7 Å². The Labute approximate surface area is 159 Å². The highest BCUT2D eigenvalue weighted by Gasteiger charge is 2.15. The van der Waals surface area contributed by atoms with Crippen molar-refractivity contribution in [2.45, 2.75) is 19.3 Å². The maximum Gasteiger partial charge on any atom is 0.252 e. The number of amides is 1. The van der Waals surface area contributed by atoms with Gasteiger partial charge in [-0.3, -0.25) is 9.78 Å². The fourth-order valence-corrected chi connectivity index (χ4v) is 3.61. The van der Waals surface area contributed by atoms with Crippen LogP contribution in [0.3, 0.4) is 0 Å². The van der Waals surface area contributed by atoms with E-state index in [2.05, 4.69) is 20.2 Å². The van der Waals surface area contributed by atoms with Gasteiger partial charge in [-0.2, -0.15) is 0 Å². The first-order valence-corrected chi connectivity index (χ1v) is 9.63. The highest BCUT2D eigenvalue weighted by atomic mass is 16.1. The SMILES string of the molecule is O=C(NCCCN1CCCC1)c1cc(-c2ccccn2)nc2ccccc12. The quantitative estimate of drug-likeness (QED) is 0.684. The predicted octanol–water partition coefficient (Wildman–Crippen LogP) is 3.51. The molecule has 1 amide bonds. The minimum Gasteiger partial charge on any atom is -0.352 e. The van der Waals surface area contributed by atoms with Gasteiger partial charge in [0, 0.05) is 18.1 Å². The zero-order valence-electron chi connectivity index (χ0n) is 15.4. The third-order valence-corrected chi connectivity index (χ3v) is 5.02. The minimum absolute atomic E-state index is 0.0489. The van der Waals surface area contributed by atoms with Crippen molar-refractivity contribution < 1.29 is 4.79 Å². The number of likely N-dealkylation sites (tertiary alicyclic amines) is 1. The van der Waals surface area contributed by atoms with E-state index in [0.717, 1.165) is 35.3 Å². The number of carbonyl (C=O) groups is 1. The smallest absolute Gasteiger partial charge is 0.252 e. The van der Waals surface area contributed by atoms with Gasteiger partial charge in [-0.15, -0.1) is 0 Å². The van der Waals surface area contributed by atoms with Gasteiger partial charge in [0.2, 0.25) is 0 Å². The highest BCUT2D eigenvalue weighted by Crippen LogP contribution is 2.23. The number of pyridine rings is 2. The van der Waals surface area contributed by atoms with Crippen molar-refractivity contribution in [3.63, 3.8) is 0 Å². The number of aromatic nitrogens is 2. The van der Waals surface area contributed by atoms with E-state index in [-0.39, 0.29) is 5.91 Å². The second-order valence-corrected chi connectivity index (χ2v) is 6.95. The average molecular weight is 360 g/mol. The molecule has 1 aliphatic heterocycles. The number of carbonyl (C=O) groups excluding carboxylic acids is 1. The van der Waals surface area contributed by atoms with Gasteiger partial charge >= 0.3 is 0 Å². The summed E-state index contributed by atoms with van der Waals surface area (Å²) in [4.78, 5) is 24.4. The van der Waals surface area contributed by atoms with Gasteiger partial charge in [-0.25, -0.2) is 4.98 Å². The van der Waals surface area contributed by atoms with E-state index in [9.17, 15) is 4.79 Å². The molecule has 0 spiro atoms. The monoisotopic (exact) mass is 360 g/mol. The van der Waals surface area contributed by atoms with Gasteiger partial charge in [0.25, 0.3) is 5.91 Å². The van der Waals surface area contributed by atoms with E-state index in [0.29, 0.717) is 12.1 Å². The number of fused-ring (bicyclic) bond motifs is 1. The fourth-order valence-electron chi connectivity index (χ4n) is 3.61. The molecule has 2 aromatic heterocycles. The van der Waals surface area contributed by atoms with Crippen LogP contribution in [0.2, 0.25) is 0 Å². The van der Waals surface area contributed by atoms with Gasteiger partial charge in [0.05, 0.1) is 22.5 Å². The van der Waals surface area contributed by atoms with Crippen LogP contribution < -0.4 is 5.32 Å². The Hall–Kier alpha value is -2.79. The van der Waals surface area contributed by atoms with Crippen LogP contribution in [0.4, 0.5) is 0 Å². The van der Waals surface area contributed by atoms with Crippen molar-refractivity contribution >= 4 is 16.8 Å². The summed E-state index contributed by atoms with van der Waals surface area (Å²) in [5, 5.41) is 3.95. The van der Waals surface area contributed by atoms with E-state index in [4.69, 9.17) is 0 Å². The summed E-state index contributed by atoms with van der Waals surface area (Å²) in [7, 11) is 0. The molecule has 1 aromatic carbocycles. The lowest BCUT2D eigenvalue weighted by molar-refractivity contribution is 0.0953. The van der Waals surface area contributed by atoms with Gasteiger partial charge in [-0.1, -0.05) is 24.3 Å². The van der Waals surface area contributed by atoms with Crippen LogP contribution in [0.1, 0.15) is 29.6 Å². The second-order valence-electron chi connectivity index (χ2n) is 6.95. The summed E-state index contributed by atoms with van der Waals surface area (Å²) in [5.74, 6) is -0.0489. The van der Waals surface area contributed by atoms with Crippen molar-refractivity contribution in [2.75, 3.05) is 26.2 Å². The Morgan fingerprint density at radius 2 is 1.85 bits per heavy atom. The molecule has 0 aliphatic carbocycles. The van der Waals surface area contributed by atoms with Crippen molar-refractivity contribution in [3.05, 3.63) is 60.3 Å². The number of hydrogen-bond donors (Lipinski definition) is 1. The van der Waals surface area contributed by atoms with E-state index in [1.54, 1.807) is 6.20 Å². The van der Waals surface area contributed by atoms with E-state index >= 15 is 0 Å². The van der Waals surface area contributed by atoms with Crippen LogP contribution in [0.5, 0.6) is 0 Å². The summed E-state index contributed by atoms with van der Waals surface area (Å²) in [6, 6.07) is 15.3. The Bertz CT molecular complexity index is 920. The van der Waals surface area contributed by atoms with Crippen molar-refractivity contribution in [2.24, 2.45) is 0 Å². The standard InChI is InChI=1S/C22H24N4O/c27-22(24-12-7-15-26-13-5-6-14-26)18-16-21(20-10-3-4-11-23-20)25-19-9-2-1-8-17(18)19/h1-4,8-11,16H,5-7,12-15H2,(H,24,27). The number of rotatable bonds is 6. The molecule has 138 valence electrons. The topological polar surface area (TPSA) is 58.1 Å². The summed E-state index contributed by atoms with van der Waals surface area (Å²) in [6.45, 7) is 4.12. The molecule has 0 radical (unpaired) electrons. The van der Waals surface area contributed by atoms with Crippen LogP contribution >= 0.6 is 0 Å². The highest BCUT2D eigenvalue weighted by molar-refractivity contribution is 6.07. The number of nitrogens with zero attached hydrogens (tertiary/aromatic N) is 3. The first-order chi connectivity index (χ1) is 13.3. The maximum atomic E-state index is 12.9. The molecular formula is C22H24N4O. The minimum atomic E-state index is -0.0489. The van der Waals surface area contributed by atoms with Crippen molar-refractivity contribution in [3.8, 4) is 11.4 Å². The Balaban J connectivity index is 1.53. The molecule has 27 heavy (non-hydrogen) atoms. The second kappa shape index (κ2) is 8.27. The lowest BCUT2D eigenvalue weighted by Crippen LogP contribution is -2.28. The van der Waals surface area contributed by atoms with Crippen LogP contribution in [-0.2, 0) is 0 Å².